The molecule has 2 aromatic carbocycles. The number of benzene rings is 2. The van der Waals surface area contributed by atoms with E-state index in [1.807, 2.05) is 12.1 Å². The lowest BCUT2D eigenvalue weighted by Gasteiger charge is -2.26. The van der Waals surface area contributed by atoms with E-state index in [9.17, 15) is 21.6 Å². The molecule has 1 aliphatic rings. The van der Waals surface area contributed by atoms with Crippen LogP contribution in [-0.4, -0.2) is 27.2 Å². The van der Waals surface area contributed by atoms with Gasteiger partial charge in [-0.05, 0) is 73.6 Å². The largest absolute Gasteiger partial charge is 0.395 e. The zero-order valence-corrected chi connectivity index (χ0v) is 17.9. The van der Waals surface area contributed by atoms with Crippen LogP contribution in [0.2, 0.25) is 0 Å². The summed E-state index contributed by atoms with van der Waals surface area (Å²) in [5, 5.41) is 3.36. The number of hydrogen-bond donors (Lipinski definition) is 2. The van der Waals surface area contributed by atoms with E-state index in [4.69, 9.17) is 0 Å². The molecule has 3 rings (SSSR count). The highest BCUT2D eigenvalue weighted by Gasteiger charge is 2.37. The molecule has 0 saturated heterocycles. The first-order valence-electron chi connectivity index (χ1n) is 10.1. The summed E-state index contributed by atoms with van der Waals surface area (Å²) in [6.07, 6.45) is -1.29. The highest BCUT2D eigenvalue weighted by molar-refractivity contribution is 7.89. The van der Waals surface area contributed by atoms with Crippen LogP contribution in [0, 0.1) is 0 Å². The van der Waals surface area contributed by atoms with Crippen LogP contribution in [0.4, 0.5) is 18.9 Å². The first kappa shape index (κ1) is 22.6. The molecule has 0 bridgehead atoms. The minimum absolute atomic E-state index is 0.0227. The van der Waals surface area contributed by atoms with E-state index in [1.165, 1.54) is 29.8 Å². The fraction of sp³-hybridized carbons (Fsp3) is 0.455. The van der Waals surface area contributed by atoms with E-state index >= 15 is 0 Å². The normalized spacial score (nSPS) is 18.0. The van der Waals surface area contributed by atoms with Crippen LogP contribution in [0.15, 0.2) is 47.4 Å². The number of alkyl halides is 3. The summed E-state index contributed by atoms with van der Waals surface area (Å²) in [6, 6.07) is 10.8. The summed E-state index contributed by atoms with van der Waals surface area (Å²) in [5.74, 6) is -1.64. The van der Waals surface area contributed by atoms with Crippen LogP contribution in [-0.2, 0) is 22.9 Å². The molecule has 2 atom stereocenters. The fourth-order valence-electron chi connectivity index (χ4n) is 3.65. The van der Waals surface area contributed by atoms with Gasteiger partial charge in [0.25, 0.3) is 0 Å². The topological polar surface area (TPSA) is 58.2 Å². The van der Waals surface area contributed by atoms with Gasteiger partial charge in [-0.2, -0.15) is 13.2 Å². The summed E-state index contributed by atoms with van der Waals surface area (Å²) in [7, 11) is -3.80. The van der Waals surface area contributed by atoms with Crippen LogP contribution in [0.25, 0.3) is 0 Å². The number of nitrogens with one attached hydrogen (secondary N) is 2. The van der Waals surface area contributed by atoms with Crippen molar-refractivity contribution in [3.63, 3.8) is 0 Å². The summed E-state index contributed by atoms with van der Waals surface area (Å²) in [4.78, 5) is -0.0227. The first-order chi connectivity index (χ1) is 14.1. The van der Waals surface area contributed by atoms with Crippen LogP contribution in [0.5, 0.6) is 0 Å². The number of aryl methyl sites for hydroxylation is 1. The van der Waals surface area contributed by atoms with E-state index in [2.05, 4.69) is 23.0 Å². The molecule has 1 aliphatic carbocycles. The Labute approximate surface area is 175 Å². The zero-order valence-electron chi connectivity index (χ0n) is 17.1. The van der Waals surface area contributed by atoms with Crippen molar-refractivity contribution in [3.8, 4) is 0 Å². The molecule has 8 heteroatoms. The van der Waals surface area contributed by atoms with E-state index < -0.39 is 22.1 Å². The molecule has 164 valence electrons. The SMILES string of the molecule is CCCNc1ccc2c(c1)CCC(NS(=O)(=O)c1ccc([C@H](C)C(F)(F)F)cc1)C2. The maximum Gasteiger partial charge on any atom is 0.395 e. The van der Waals surface area contributed by atoms with Crippen LogP contribution < -0.4 is 10.0 Å². The molecule has 0 radical (unpaired) electrons. The van der Waals surface area contributed by atoms with Crippen LogP contribution >= 0.6 is 0 Å². The minimum atomic E-state index is -4.36. The molecule has 4 nitrogen and oxygen atoms in total. The highest BCUT2D eigenvalue weighted by atomic mass is 32.2. The zero-order chi connectivity index (χ0) is 21.9. The standard InChI is InChI=1S/C22H27F3N2O2S/c1-3-12-26-19-8-4-18-14-20(9-5-17(18)13-19)27-30(28,29)21-10-6-16(7-11-21)15(2)22(23,24)25/h4,6-8,10-11,13,15,20,26-27H,3,5,9,12,14H2,1-2H3/t15-,20?/m0/s1. The van der Waals surface area contributed by atoms with Gasteiger partial charge < -0.3 is 5.32 Å². The van der Waals surface area contributed by atoms with Gasteiger partial charge in [-0.1, -0.05) is 25.1 Å². The second-order valence-electron chi connectivity index (χ2n) is 7.80. The monoisotopic (exact) mass is 440 g/mol. The molecular weight excluding hydrogens is 413 g/mol. The van der Waals surface area contributed by atoms with Gasteiger partial charge in [0.05, 0.1) is 10.8 Å². The van der Waals surface area contributed by atoms with E-state index in [1.54, 1.807) is 0 Å². The summed E-state index contributed by atoms with van der Waals surface area (Å²) in [6.45, 7) is 4.07. The Kier molecular flexibility index (Phi) is 6.77. The van der Waals surface area contributed by atoms with E-state index in [0.29, 0.717) is 12.8 Å². The van der Waals surface area contributed by atoms with Crippen molar-refractivity contribution >= 4 is 15.7 Å². The minimum Gasteiger partial charge on any atom is -0.385 e. The molecule has 0 saturated carbocycles. The molecule has 0 aromatic heterocycles. The van der Waals surface area contributed by atoms with Crippen molar-refractivity contribution in [1.82, 2.24) is 4.72 Å². The number of hydrogen-bond acceptors (Lipinski definition) is 3. The van der Waals surface area contributed by atoms with Gasteiger partial charge in [0.1, 0.15) is 0 Å². The molecule has 0 aliphatic heterocycles. The lowest BCUT2D eigenvalue weighted by molar-refractivity contribution is -0.146. The number of fused-ring (bicyclic) bond motifs is 1. The molecule has 0 amide bonds. The maximum absolute atomic E-state index is 12.9. The number of sulfonamides is 1. The molecule has 2 N–H and O–H groups in total. The average Bonchev–Trinajstić information content (AvgIpc) is 2.70. The number of rotatable bonds is 7. The van der Waals surface area contributed by atoms with Crippen molar-refractivity contribution in [2.75, 3.05) is 11.9 Å². The quantitative estimate of drug-likeness (QED) is 0.636. The van der Waals surface area contributed by atoms with Crippen molar-refractivity contribution in [1.29, 1.82) is 0 Å². The molecule has 2 aromatic rings. The molecule has 0 fully saturated rings. The van der Waals surface area contributed by atoms with Gasteiger partial charge in [0.2, 0.25) is 10.0 Å². The summed E-state index contributed by atoms with van der Waals surface area (Å²) < 4.78 is 66.7. The fourth-order valence-corrected chi connectivity index (χ4v) is 4.92. The second kappa shape index (κ2) is 8.98. The van der Waals surface area contributed by atoms with Crippen LogP contribution in [0.3, 0.4) is 0 Å². The average molecular weight is 441 g/mol. The molecule has 0 heterocycles. The Balaban J connectivity index is 1.67. The van der Waals surface area contributed by atoms with Crippen molar-refractivity contribution in [3.05, 3.63) is 59.2 Å². The maximum atomic E-state index is 12.9. The molecule has 30 heavy (non-hydrogen) atoms. The predicted octanol–water partition coefficient (Wildman–Crippen LogP) is 5.01. The number of anilines is 1. The van der Waals surface area contributed by atoms with Gasteiger partial charge in [0.15, 0.2) is 0 Å². The third-order valence-electron chi connectivity index (χ3n) is 5.52. The Hall–Kier alpha value is -2.06. The Bertz CT molecular complexity index is 973. The molecule has 0 spiro atoms. The van der Waals surface area contributed by atoms with Crippen molar-refractivity contribution in [2.45, 2.75) is 62.6 Å². The van der Waals surface area contributed by atoms with E-state index in [-0.39, 0.29) is 16.5 Å². The van der Waals surface area contributed by atoms with Gasteiger partial charge >= 0.3 is 6.18 Å². The lowest BCUT2D eigenvalue weighted by Crippen LogP contribution is -2.38. The number of halogens is 3. The van der Waals surface area contributed by atoms with Gasteiger partial charge in [-0.25, -0.2) is 13.1 Å². The third-order valence-corrected chi connectivity index (χ3v) is 7.05. The highest BCUT2D eigenvalue weighted by Crippen LogP contribution is 2.34. The van der Waals surface area contributed by atoms with Crippen molar-refractivity contribution in [2.24, 2.45) is 0 Å². The Morgan fingerprint density at radius 2 is 1.80 bits per heavy atom. The predicted molar refractivity (Wildman–Crippen MR) is 112 cm³/mol. The lowest BCUT2D eigenvalue weighted by atomic mass is 9.88. The Morgan fingerprint density at radius 1 is 1.10 bits per heavy atom. The molecular formula is C22H27F3N2O2S. The first-order valence-corrected chi connectivity index (χ1v) is 11.6. The Morgan fingerprint density at radius 3 is 2.43 bits per heavy atom. The van der Waals surface area contributed by atoms with Crippen LogP contribution in [0.1, 0.15) is 49.3 Å². The van der Waals surface area contributed by atoms with Gasteiger partial charge in [0, 0.05) is 18.3 Å². The van der Waals surface area contributed by atoms with E-state index in [0.717, 1.165) is 37.6 Å². The second-order valence-corrected chi connectivity index (χ2v) is 9.52. The molecule has 1 unspecified atom stereocenters. The smallest absolute Gasteiger partial charge is 0.385 e. The third kappa shape index (κ3) is 5.35. The summed E-state index contributed by atoms with van der Waals surface area (Å²) in [5.41, 5.74) is 3.45. The van der Waals surface area contributed by atoms with Gasteiger partial charge in [-0.15, -0.1) is 0 Å². The summed E-state index contributed by atoms with van der Waals surface area (Å²) >= 11 is 0. The van der Waals surface area contributed by atoms with Crippen molar-refractivity contribution < 1.29 is 21.6 Å². The van der Waals surface area contributed by atoms with Gasteiger partial charge in [-0.3, -0.25) is 0 Å².